The first-order valence-corrected chi connectivity index (χ1v) is 7.60. The first kappa shape index (κ1) is 14.7. The van der Waals surface area contributed by atoms with Crippen LogP contribution in [0.15, 0.2) is 59.0 Å². The third-order valence-corrected chi connectivity index (χ3v) is 3.89. The molecule has 1 N–H and O–H groups in total. The monoisotopic (exact) mass is 313 g/mol. The van der Waals surface area contributed by atoms with Crippen molar-refractivity contribution in [2.24, 2.45) is 0 Å². The van der Waals surface area contributed by atoms with Crippen LogP contribution in [0.25, 0.3) is 11.0 Å². The lowest BCUT2D eigenvalue weighted by molar-refractivity contribution is 0.0909. The molecular formula is C18H16ClNO2. The Labute approximate surface area is 133 Å². The van der Waals surface area contributed by atoms with Crippen LogP contribution < -0.4 is 5.32 Å². The number of nitrogens with one attached hydrogen (secondary N) is 1. The highest BCUT2D eigenvalue weighted by molar-refractivity contribution is 6.30. The summed E-state index contributed by atoms with van der Waals surface area (Å²) in [6.45, 7) is 2.03. The molecular weight excluding hydrogens is 298 g/mol. The highest BCUT2D eigenvalue weighted by Crippen LogP contribution is 2.22. The van der Waals surface area contributed by atoms with Gasteiger partial charge >= 0.3 is 0 Å². The molecule has 3 rings (SSSR count). The molecule has 1 unspecified atom stereocenters. The van der Waals surface area contributed by atoms with Crippen molar-refractivity contribution < 1.29 is 9.21 Å². The highest BCUT2D eigenvalue weighted by Gasteiger charge is 2.17. The van der Waals surface area contributed by atoms with Gasteiger partial charge in [0.1, 0.15) is 5.58 Å². The van der Waals surface area contributed by atoms with Gasteiger partial charge in [-0.1, -0.05) is 48.9 Å². The first-order chi connectivity index (χ1) is 10.7. The van der Waals surface area contributed by atoms with Gasteiger partial charge in [0.25, 0.3) is 5.91 Å². The summed E-state index contributed by atoms with van der Waals surface area (Å²) in [5, 5.41) is 4.61. The van der Waals surface area contributed by atoms with E-state index in [9.17, 15) is 4.79 Å². The molecule has 1 aromatic heterocycles. The topological polar surface area (TPSA) is 42.2 Å². The minimum Gasteiger partial charge on any atom is -0.451 e. The van der Waals surface area contributed by atoms with Crippen LogP contribution in [0.4, 0.5) is 0 Å². The predicted molar refractivity (Wildman–Crippen MR) is 88.2 cm³/mol. The zero-order valence-corrected chi connectivity index (χ0v) is 12.9. The summed E-state index contributed by atoms with van der Waals surface area (Å²) in [5.41, 5.74) is 1.74. The molecule has 3 aromatic rings. The van der Waals surface area contributed by atoms with Crippen LogP contribution in [0.2, 0.25) is 5.02 Å². The van der Waals surface area contributed by atoms with Crippen molar-refractivity contribution in [3.8, 4) is 0 Å². The van der Waals surface area contributed by atoms with E-state index in [1.54, 1.807) is 6.07 Å². The summed E-state index contributed by atoms with van der Waals surface area (Å²) in [5.74, 6) is 0.117. The fourth-order valence-corrected chi connectivity index (χ4v) is 2.57. The Morgan fingerprint density at radius 1 is 1.18 bits per heavy atom. The zero-order valence-electron chi connectivity index (χ0n) is 12.2. The maximum absolute atomic E-state index is 12.4. The number of halogens is 1. The average molecular weight is 314 g/mol. The molecule has 2 aromatic carbocycles. The number of fused-ring (bicyclic) bond motifs is 1. The van der Waals surface area contributed by atoms with E-state index in [1.165, 1.54) is 0 Å². The number of benzene rings is 2. The molecule has 1 heterocycles. The molecule has 112 valence electrons. The summed E-state index contributed by atoms with van der Waals surface area (Å²) < 4.78 is 5.60. The second-order valence-corrected chi connectivity index (χ2v) is 5.57. The largest absolute Gasteiger partial charge is 0.451 e. The van der Waals surface area contributed by atoms with Gasteiger partial charge in [-0.2, -0.15) is 0 Å². The van der Waals surface area contributed by atoms with Gasteiger partial charge in [-0.05, 0) is 36.2 Å². The fourth-order valence-electron chi connectivity index (χ4n) is 2.44. The van der Waals surface area contributed by atoms with Gasteiger partial charge in [-0.15, -0.1) is 0 Å². The lowest BCUT2D eigenvalue weighted by atomic mass is 10.0. The predicted octanol–water partition coefficient (Wildman–Crippen LogP) is 4.97. The lowest BCUT2D eigenvalue weighted by Gasteiger charge is -2.16. The van der Waals surface area contributed by atoms with E-state index in [1.807, 2.05) is 55.5 Å². The Bertz CT molecular complexity index is 759. The number of furan rings is 1. The lowest BCUT2D eigenvalue weighted by Crippen LogP contribution is -2.27. The smallest absolute Gasteiger partial charge is 0.287 e. The molecule has 0 aliphatic heterocycles. The molecule has 0 fully saturated rings. The van der Waals surface area contributed by atoms with E-state index < -0.39 is 0 Å². The SMILES string of the molecule is CCC(NC(=O)c1cc2ccccc2o1)c1ccc(Cl)cc1. The van der Waals surface area contributed by atoms with Crippen LogP contribution in [0.5, 0.6) is 0 Å². The Hall–Kier alpha value is -2.26. The van der Waals surface area contributed by atoms with Crippen LogP contribution in [0.3, 0.4) is 0 Å². The molecule has 0 radical (unpaired) electrons. The van der Waals surface area contributed by atoms with Gasteiger partial charge in [0.2, 0.25) is 0 Å². The number of carbonyl (C=O) groups excluding carboxylic acids is 1. The number of rotatable bonds is 4. The summed E-state index contributed by atoms with van der Waals surface area (Å²) >= 11 is 5.90. The summed E-state index contributed by atoms with van der Waals surface area (Å²) in [6.07, 6.45) is 0.785. The van der Waals surface area contributed by atoms with Gasteiger partial charge in [-0.3, -0.25) is 4.79 Å². The van der Waals surface area contributed by atoms with E-state index >= 15 is 0 Å². The average Bonchev–Trinajstić information content (AvgIpc) is 2.97. The number of hydrogen-bond acceptors (Lipinski definition) is 2. The van der Waals surface area contributed by atoms with E-state index in [-0.39, 0.29) is 11.9 Å². The second kappa shape index (κ2) is 6.24. The third-order valence-electron chi connectivity index (χ3n) is 3.64. The Morgan fingerprint density at radius 3 is 2.59 bits per heavy atom. The normalized spacial score (nSPS) is 12.3. The van der Waals surface area contributed by atoms with E-state index in [4.69, 9.17) is 16.0 Å². The number of hydrogen-bond donors (Lipinski definition) is 1. The fraction of sp³-hybridized carbons (Fsp3) is 0.167. The van der Waals surface area contributed by atoms with Crippen molar-refractivity contribution >= 4 is 28.5 Å². The van der Waals surface area contributed by atoms with Crippen molar-refractivity contribution in [1.29, 1.82) is 0 Å². The summed E-state index contributed by atoms with van der Waals surface area (Å²) in [6, 6.07) is 16.8. The molecule has 22 heavy (non-hydrogen) atoms. The second-order valence-electron chi connectivity index (χ2n) is 5.13. The molecule has 0 spiro atoms. The highest BCUT2D eigenvalue weighted by atomic mass is 35.5. The molecule has 4 heteroatoms. The summed E-state index contributed by atoms with van der Waals surface area (Å²) in [4.78, 5) is 12.4. The Kier molecular flexibility index (Phi) is 4.16. The zero-order chi connectivity index (χ0) is 15.5. The van der Waals surface area contributed by atoms with Crippen LogP contribution in [0.1, 0.15) is 35.5 Å². The van der Waals surface area contributed by atoms with Crippen molar-refractivity contribution in [2.75, 3.05) is 0 Å². The minimum atomic E-state index is -0.210. The maximum atomic E-state index is 12.4. The maximum Gasteiger partial charge on any atom is 0.287 e. The standard InChI is InChI=1S/C18H16ClNO2/c1-2-15(12-7-9-14(19)10-8-12)20-18(21)17-11-13-5-3-4-6-16(13)22-17/h3-11,15H,2H2,1H3,(H,20,21). The number of carbonyl (C=O) groups is 1. The van der Waals surface area contributed by atoms with Crippen LogP contribution in [0, 0.1) is 0 Å². The molecule has 0 saturated carbocycles. The van der Waals surface area contributed by atoms with Crippen LogP contribution in [-0.4, -0.2) is 5.91 Å². The third kappa shape index (κ3) is 3.00. The number of amides is 1. The van der Waals surface area contributed by atoms with Crippen molar-refractivity contribution in [3.63, 3.8) is 0 Å². The molecule has 0 aliphatic rings. The quantitative estimate of drug-likeness (QED) is 0.739. The van der Waals surface area contributed by atoms with Crippen molar-refractivity contribution in [3.05, 3.63) is 70.9 Å². The molecule has 1 amide bonds. The molecule has 0 bridgehead atoms. The molecule has 1 atom stereocenters. The van der Waals surface area contributed by atoms with Crippen LogP contribution in [-0.2, 0) is 0 Å². The first-order valence-electron chi connectivity index (χ1n) is 7.22. The molecule has 3 nitrogen and oxygen atoms in total. The van der Waals surface area contributed by atoms with Gasteiger partial charge in [0.15, 0.2) is 5.76 Å². The number of para-hydroxylation sites is 1. The summed E-state index contributed by atoms with van der Waals surface area (Å²) in [7, 11) is 0. The molecule has 0 saturated heterocycles. The van der Waals surface area contributed by atoms with Gasteiger partial charge in [0, 0.05) is 10.4 Å². The van der Waals surface area contributed by atoms with Gasteiger partial charge < -0.3 is 9.73 Å². The molecule has 0 aliphatic carbocycles. The van der Waals surface area contributed by atoms with Gasteiger partial charge in [-0.25, -0.2) is 0 Å². The van der Waals surface area contributed by atoms with E-state index in [0.29, 0.717) is 16.4 Å². The van der Waals surface area contributed by atoms with E-state index in [0.717, 1.165) is 17.4 Å². The van der Waals surface area contributed by atoms with Crippen molar-refractivity contribution in [1.82, 2.24) is 5.32 Å². The Morgan fingerprint density at radius 2 is 1.91 bits per heavy atom. The van der Waals surface area contributed by atoms with E-state index in [2.05, 4.69) is 5.32 Å². The van der Waals surface area contributed by atoms with Gasteiger partial charge in [0.05, 0.1) is 6.04 Å². The minimum absolute atomic E-state index is 0.0713. The van der Waals surface area contributed by atoms with Crippen LogP contribution >= 0.6 is 11.6 Å². The van der Waals surface area contributed by atoms with Crippen molar-refractivity contribution in [2.45, 2.75) is 19.4 Å². The Balaban J connectivity index is 1.80.